The number of hydrogen-bond donors (Lipinski definition) is 1. The maximum Gasteiger partial charge on any atom is 0.167 e. The van der Waals surface area contributed by atoms with Gasteiger partial charge in [-0.25, -0.2) is 0 Å². The lowest BCUT2D eigenvalue weighted by Gasteiger charge is -2.19. The lowest BCUT2D eigenvalue weighted by atomic mass is 9.85. The first kappa shape index (κ1) is 9.16. The molecule has 0 radical (unpaired) electrons. The molecule has 1 N–H and O–H groups in total. The minimum atomic E-state index is -0.270. The van der Waals surface area contributed by atoms with Crippen molar-refractivity contribution in [3.05, 3.63) is 0 Å². The maximum absolute atomic E-state index is 11.7. The number of ketones is 1. The molecule has 0 bridgehead atoms. The first-order valence-corrected chi connectivity index (χ1v) is 5.13. The van der Waals surface area contributed by atoms with Crippen LogP contribution in [-0.2, 0) is 9.53 Å². The van der Waals surface area contributed by atoms with Gasteiger partial charge in [-0.05, 0) is 12.8 Å². The quantitative estimate of drug-likeness (QED) is 0.663. The van der Waals surface area contributed by atoms with Crippen LogP contribution in [0.25, 0.3) is 0 Å². The van der Waals surface area contributed by atoms with Crippen LogP contribution in [0.15, 0.2) is 0 Å². The van der Waals surface area contributed by atoms with Crippen LogP contribution in [-0.4, -0.2) is 29.7 Å². The van der Waals surface area contributed by atoms with Crippen molar-refractivity contribution in [3.63, 3.8) is 0 Å². The zero-order valence-corrected chi connectivity index (χ0v) is 7.74. The molecule has 0 aromatic heterocycles. The third-order valence-corrected chi connectivity index (χ3v) is 3.05. The van der Waals surface area contributed by atoms with E-state index in [1.54, 1.807) is 0 Å². The predicted octanol–water partition coefficient (Wildman–Crippen LogP) is 0.895. The standard InChI is InChI=1S/C10H16O3/c11-6-8-10(13-8)9(12)7-4-2-1-3-5-7/h7-8,10-11H,1-6H2/t8-,10+/m0/s1. The second-order valence-electron chi connectivity index (χ2n) is 4.02. The number of carbonyl (C=O) groups excluding carboxylic acids is 1. The number of rotatable bonds is 3. The first-order chi connectivity index (χ1) is 6.33. The summed E-state index contributed by atoms with van der Waals surface area (Å²) in [6.07, 6.45) is 5.20. The van der Waals surface area contributed by atoms with Gasteiger partial charge in [-0.3, -0.25) is 4.79 Å². The Hall–Kier alpha value is -0.410. The van der Waals surface area contributed by atoms with Crippen LogP contribution in [0.4, 0.5) is 0 Å². The molecule has 1 saturated carbocycles. The van der Waals surface area contributed by atoms with Crippen LogP contribution in [0.5, 0.6) is 0 Å². The highest BCUT2D eigenvalue weighted by molar-refractivity contribution is 5.88. The maximum atomic E-state index is 11.7. The molecule has 3 heteroatoms. The van der Waals surface area contributed by atoms with E-state index >= 15 is 0 Å². The van der Waals surface area contributed by atoms with Gasteiger partial charge < -0.3 is 9.84 Å². The minimum Gasteiger partial charge on any atom is -0.394 e. The van der Waals surface area contributed by atoms with E-state index in [0.717, 1.165) is 12.8 Å². The molecule has 2 rings (SSSR count). The number of aliphatic hydroxyl groups excluding tert-OH is 1. The number of ether oxygens (including phenoxy) is 1. The molecule has 1 aliphatic heterocycles. The fourth-order valence-corrected chi connectivity index (χ4v) is 2.15. The Morgan fingerprint density at radius 2 is 2.00 bits per heavy atom. The van der Waals surface area contributed by atoms with Crippen molar-refractivity contribution in [2.75, 3.05) is 6.61 Å². The van der Waals surface area contributed by atoms with Gasteiger partial charge in [-0.15, -0.1) is 0 Å². The molecule has 1 saturated heterocycles. The lowest BCUT2D eigenvalue weighted by Crippen LogP contribution is -2.24. The van der Waals surface area contributed by atoms with E-state index in [1.807, 2.05) is 0 Å². The zero-order valence-electron chi connectivity index (χ0n) is 7.74. The summed E-state index contributed by atoms with van der Waals surface area (Å²) in [4.78, 5) is 11.7. The average molecular weight is 184 g/mol. The molecule has 0 aromatic rings. The Balaban J connectivity index is 1.83. The summed E-state index contributed by atoms with van der Waals surface area (Å²) in [7, 11) is 0. The molecule has 2 atom stereocenters. The third-order valence-electron chi connectivity index (χ3n) is 3.05. The molecular weight excluding hydrogens is 168 g/mol. The van der Waals surface area contributed by atoms with E-state index in [2.05, 4.69) is 0 Å². The topological polar surface area (TPSA) is 49.8 Å². The van der Waals surface area contributed by atoms with Gasteiger partial charge >= 0.3 is 0 Å². The number of Topliss-reactive ketones (excluding diaryl/α,β-unsaturated/α-hetero) is 1. The van der Waals surface area contributed by atoms with Crippen LogP contribution >= 0.6 is 0 Å². The van der Waals surface area contributed by atoms with Crippen LogP contribution in [0, 0.1) is 5.92 Å². The average Bonchev–Trinajstić information content (AvgIpc) is 2.97. The molecule has 2 fully saturated rings. The van der Waals surface area contributed by atoms with Crippen molar-refractivity contribution in [3.8, 4) is 0 Å². The SMILES string of the molecule is O=C(C1CCCCC1)[C@@H]1O[C@H]1CO. The fourth-order valence-electron chi connectivity index (χ4n) is 2.15. The summed E-state index contributed by atoms with van der Waals surface area (Å²) >= 11 is 0. The van der Waals surface area contributed by atoms with E-state index in [4.69, 9.17) is 9.84 Å². The van der Waals surface area contributed by atoms with Crippen LogP contribution in [0.3, 0.4) is 0 Å². The lowest BCUT2D eigenvalue weighted by molar-refractivity contribution is -0.125. The molecule has 3 nitrogen and oxygen atoms in total. The first-order valence-electron chi connectivity index (χ1n) is 5.13. The highest BCUT2D eigenvalue weighted by Crippen LogP contribution is 2.32. The molecule has 2 aliphatic rings. The van der Waals surface area contributed by atoms with Gasteiger partial charge in [0.1, 0.15) is 12.2 Å². The van der Waals surface area contributed by atoms with Gasteiger partial charge in [-0.2, -0.15) is 0 Å². The van der Waals surface area contributed by atoms with E-state index in [1.165, 1.54) is 19.3 Å². The summed E-state index contributed by atoms with van der Waals surface area (Å²) in [5.41, 5.74) is 0. The van der Waals surface area contributed by atoms with E-state index in [-0.39, 0.29) is 30.5 Å². The Labute approximate surface area is 78.1 Å². The number of epoxide rings is 1. The van der Waals surface area contributed by atoms with Crippen molar-refractivity contribution in [2.24, 2.45) is 5.92 Å². The van der Waals surface area contributed by atoms with E-state index in [9.17, 15) is 4.79 Å². The molecule has 0 amide bonds. The molecule has 1 heterocycles. The number of aliphatic hydroxyl groups is 1. The number of carbonyl (C=O) groups is 1. The fraction of sp³-hybridized carbons (Fsp3) is 0.900. The smallest absolute Gasteiger partial charge is 0.167 e. The van der Waals surface area contributed by atoms with E-state index < -0.39 is 0 Å². The predicted molar refractivity (Wildman–Crippen MR) is 47.3 cm³/mol. The molecule has 0 spiro atoms. The molecule has 0 unspecified atom stereocenters. The molecule has 0 aromatic carbocycles. The van der Waals surface area contributed by atoms with Gasteiger partial charge in [0.25, 0.3) is 0 Å². The summed E-state index contributed by atoms with van der Waals surface area (Å²) in [6.45, 7) is -0.0108. The number of hydrogen-bond acceptors (Lipinski definition) is 3. The van der Waals surface area contributed by atoms with Gasteiger partial charge in [0, 0.05) is 5.92 Å². The van der Waals surface area contributed by atoms with E-state index in [0.29, 0.717) is 0 Å². The van der Waals surface area contributed by atoms with Gasteiger partial charge in [0.05, 0.1) is 6.61 Å². The second kappa shape index (κ2) is 3.76. The van der Waals surface area contributed by atoms with Crippen LogP contribution < -0.4 is 0 Å². The van der Waals surface area contributed by atoms with Gasteiger partial charge in [-0.1, -0.05) is 19.3 Å². The third kappa shape index (κ3) is 1.92. The van der Waals surface area contributed by atoms with Crippen molar-refractivity contribution >= 4 is 5.78 Å². The summed E-state index contributed by atoms with van der Waals surface area (Å²) in [5.74, 6) is 0.453. The van der Waals surface area contributed by atoms with Crippen molar-refractivity contribution in [1.29, 1.82) is 0 Å². The van der Waals surface area contributed by atoms with Crippen molar-refractivity contribution < 1.29 is 14.6 Å². The second-order valence-corrected chi connectivity index (χ2v) is 4.02. The largest absolute Gasteiger partial charge is 0.394 e. The van der Waals surface area contributed by atoms with Gasteiger partial charge in [0.2, 0.25) is 0 Å². The Morgan fingerprint density at radius 1 is 1.31 bits per heavy atom. The van der Waals surface area contributed by atoms with Crippen LogP contribution in [0.1, 0.15) is 32.1 Å². The minimum absolute atomic E-state index is 0.0108. The molecular formula is C10H16O3. The molecule has 13 heavy (non-hydrogen) atoms. The van der Waals surface area contributed by atoms with Crippen LogP contribution in [0.2, 0.25) is 0 Å². The summed E-state index contributed by atoms with van der Waals surface area (Å²) < 4.78 is 5.08. The molecule has 74 valence electrons. The zero-order chi connectivity index (χ0) is 9.26. The monoisotopic (exact) mass is 184 g/mol. The summed E-state index contributed by atoms with van der Waals surface area (Å²) in [6, 6.07) is 0. The highest BCUT2D eigenvalue weighted by atomic mass is 16.6. The van der Waals surface area contributed by atoms with Crippen molar-refractivity contribution in [2.45, 2.75) is 44.3 Å². The Kier molecular flexibility index (Phi) is 2.65. The Morgan fingerprint density at radius 3 is 2.54 bits per heavy atom. The normalized spacial score (nSPS) is 34.5. The summed E-state index contributed by atoms with van der Waals surface area (Å²) in [5, 5.41) is 8.75. The van der Waals surface area contributed by atoms with Crippen molar-refractivity contribution in [1.82, 2.24) is 0 Å². The molecule has 1 aliphatic carbocycles. The Bertz CT molecular complexity index is 196. The highest BCUT2D eigenvalue weighted by Gasteiger charge is 2.46. The van der Waals surface area contributed by atoms with Gasteiger partial charge in [0.15, 0.2) is 5.78 Å².